The van der Waals surface area contributed by atoms with E-state index in [0.717, 1.165) is 10.9 Å². The van der Waals surface area contributed by atoms with Crippen LogP contribution in [0.25, 0.3) is 11.0 Å². The zero-order valence-corrected chi connectivity index (χ0v) is 12.7. The zero-order chi connectivity index (χ0) is 15.6. The highest BCUT2D eigenvalue weighted by atomic mass is 32.2. The number of benzene rings is 2. The molecule has 0 radical (unpaired) electrons. The Kier molecular flexibility index (Phi) is 3.68. The molecule has 0 unspecified atom stereocenters. The van der Waals surface area contributed by atoms with Crippen LogP contribution in [0.4, 0.5) is 0 Å². The van der Waals surface area contributed by atoms with E-state index in [1.54, 1.807) is 36.4 Å². The molecule has 1 aromatic heterocycles. The van der Waals surface area contributed by atoms with Crippen molar-refractivity contribution in [3.8, 4) is 0 Å². The van der Waals surface area contributed by atoms with Crippen LogP contribution < -0.4 is 10.2 Å². The van der Waals surface area contributed by atoms with E-state index in [9.17, 15) is 8.42 Å². The van der Waals surface area contributed by atoms with Gasteiger partial charge in [-0.2, -0.15) is 18.4 Å². The predicted octanol–water partition coefficient (Wildman–Crippen LogP) is 2.54. The molecule has 0 fully saturated rings. The number of fused-ring (bicyclic) bond motifs is 1. The van der Waals surface area contributed by atoms with Crippen LogP contribution in [0.1, 0.15) is 5.56 Å². The van der Waals surface area contributed by atoms with Gasteiger partial charge in [-0.1, -0.05) is 29.8 Å². The fourth-order valence-electron chi connectivity index (χ4n) is 2.02. The van der Waals surface area contributed by atoms with Gasteiger partial charge in [-0.25, -0.2) is 0 Å². The SMILES string of the molecule is Cc1ccc(S(=O)(=O)N/N=c2/ccoc3ccccc23)cc1. The molecule has 112 valence electrons. The second-order valence-corrected chi connectivity index (χ2v) is 6.48. The van der Waals surface area contributed by atoms with E-state index in [1.807, 2.05) is 25.1 Å². The van der Waals surface area contributed by atoms with Gasteiger partial charge in [-0.05, 0) is 31.2 Å². The Hall–Kier alpha value is -2.60. The van der Waals surface area contributed by atoms with E-state index in [1.165, 1.54) is 6.26 Å². The summed E-state index contributed by atoms with van der Waals surface area (Å²) in [5.41, 5.74) is 1.63. The van der Waals surface area contributed by atoms with Gasteiger partial charge in [-0.15, -0.1) is 0 Å². The number of rotatable bonds is 3. The van der Waals surface area contributed by atoms with E-state index in [4.69, 9.17) is 4.42 Å². The fourth-order valence-corrected chi connectivity index (χ4v) is 2.84. The first-order valence-corrected chi connectivity index (χ1v) is 8.13. The molecule has 0 aliphatic carbocycles. The lowest BCUT2D eigenvalue weighted by molar-refractivity contribution is 0.582. The number of nitrogens with zero attached hydrogens (tertiary/aromatic N) is 1. The second kappa shape index (κ2) is 5.65. The van der Waals surface area contributed by atoms with E-state index in [0.29, 0.717) is 10.9 Å². The minimum absolute atomic E-state index is 0.173. The molecule has 3 rings (SSSR count). The zero-order valence-electron chi connectivity index (χ0n) is 11.9. The fraction of sp³-hybridized carbons (Fsp3) is 0.0625. The summed E-state index contributed by atoms with van der Waals surface area (Å²) in [6, 6.07) is 15.5. The molecular formula is C16H14N2O3S. The van der Waals surface area contributed by atoms with Crippen LogP contribution in [-0.4, -0.2) is 8.42 Å². The lowest BCUT2D eigenvalue weighted by atomic mass is 10.2. The molecule has 6 heteroatoms. The molecule has 0 saturated carbocycles. The van der Waals surface area contributed by atoms with Crippen molar-refractivity contribution in [1.82, 2.24) is 4.83 Å². The Bertz CT molecular complexity index is 969. The van der Waals surface area contributed by atoms with Gasteiger partial charge in [0.2, 0.25) is 0 Å². The third kappa shape index (κ3) is 2.87. The molecule has 0 amide bonds. The maximum absolute atomic E-state index is 12.2. The molecule has 0 saturated heterocycles. The van der Waals surface area contributed by atoms with Crippen molar-refractivity contribution in [3.05, 3.63) is 71.8 Å². The number of nitrogens with one attached hydrogen (secondary N) is 1. The maximum atomic E-state index is 12.2. The molecule has 2 aromatic carbocycles. The van der Waals surface area contributed by atoms with Crippen LogP contribution in [0.2, 0.25) is 0 Å². The lowest BCUT2D eigenvalue weighted by Gasteiger charge is -2.04. The summed E-state index contributed by atoms with van der Waals surface area (Å²) in [7, 11) is -3.69. The Morgan fingerprint density at radius 1 is 1.00 bits per heavy atom. The van der Waals surface area contributed by atoms with Gasteiger partial charge in [0, 0.05) is 11.5 Å². The quantitative estimate of drug-likeness (QED) is 0.755. The lowest BCUT2D eigenvalue weighted by Crippen LogP contribution is -2.21. The van der Waals surface area contributed by atoms with Crippen molar-refractivity contribution < 1.29 is 12.8 Å². The van der Waals surface area contributed by atoms with Crippen LogP contribution in [0.3, 0.4) is 0 Å². The van der Waals surface area contributed by atoms with Crippen LogP contribution in [0, 0.1) is 6.92 Å². The Balaban J connectivity index is 2.00. The summed E-state index contributed by atoms with van der Waals surface area (Å²) in [6.45, 7) is 1.90. The van der Waals surface area contributed by atoms with Gasteiger partial charge >= 0.3 is 0 Å². The van der Waals surface area contributed by atoms with Gasteiger partial charge in [0.25, 0.3) is 10.0 Å². The molecule has 1 heterocycles. The number of hydrogen-bond acceptors (Lipinski definition) is 4. The average molecular weight is 314 g/mol. The van der Waals surface area contributed by atoms with Gasteiger partial charge in [0.05, 0.1) is 16.5 Å². The van der Waals surface area contributed by atoms with Crippen LogP contribution in [-0.2, 0) is 10.0 Å². The largest absolute Gasteiger partial charge is 0.464 e. The Labute approximate surface area is 128 Å². The summed E-state index contributed by atoms with van der Waals surface area (Å²) in [5, 5.41) is 5.24. The summed E-state index contributed by atoms with van der Waals surface area (Å²) in [5.74, 6) is 0. The molecule has 0 aliphatic rings. The monoisotopic (exact) mass is 314 g/mol. The van der Waals surface area contributed by atoms with Crippen LogP contribution in [0.5, 0.6) is 0 Å². The summed E-state index contributed by atoms with van der Waals surface area (Å²) < 4.78 is 29.8. The van der Waals surface area contributed by atoms with E-state index in [-0.39, 0.29) is 4.90 Å². The highest BCUT2D eigenvalue weighted by molar-refractivity contribution is 7.89. The highest BCUT2D eigenvalue weighted by Gasteiger charge is 2.12. The van der Waals surface area contributed by atoms with Crippen molar-refractivity contribution in [3.63, 3.8) is 0 Å². The average Bonchev–Trinajstić information content (AvgIpc) is 2.53. The third-order valence-electron chi connectivity index (χ3n) is 3.20. The van der Waals surface area contributed by atoms with E-state index >= 15 is 0 Å². The third-order valence-corrected chi connectivity index (χ3v) is 4.43. The minimum atomic E-state index is -3.69. The molecule has 0 atom stereocenters. The van der Waals surface area contributed by atoms with Gasteiger partial charge in [-0.3, -0.25) is 0 Å². The Morgan fingerprint density at radius 2 is 1.73 bits per heavy atom. The number of hydrogen-bond donors (Lipinski definition) is 1. The van der Waals surface area contributed by atoms with Crippen LogP contribution in [0.15, 0.2) is 75.3 Å². The molecule has 3 aromatic rings. The topological polar surface area (TPSA) is 71.7 Å². The predicted molar refractivity (Wildman–Crippen MR) is 83.3 cm³/mol. The molecule has 1 N–H and O–H groups in total. The van der Waals surface area contributed by atoms with Crippen molar-refractivity contribution in [1.29, 1.82) is 0 Å². The highest BCUT2D eigenvalue weighted by Crippen LogP contribution is 2.10. The number of para-hydroxylation sites is 1. The second-order valence-electron chi connectivity index (χ2n) is 4.82. The molecular weight excluding hydrogens is 300 g/mol. The van der Waals surface area contributed by atoms with Crippen molar-refractivity contribution in [2.45, 2.75) is 11.8 Å². The molecule has 22 heavy (non-hydrogen) atoms. The van der Waals surface area contributed by atoms with Crippen molar-refractivity contribution >= 4 is 21.0 Å². The standard InChI is InChI=1S/C16H14N2O3S/c1-12-6-8-13(9-7-12)22(19,20)18-17-15-10-11-21-16-5-3-2-4-14(15)16/h2-11,18H,1H3/b17-15-. The van der Waals surface area contributed by atoms with Crippen molar-refractivity contribution in [2.75, 3.05) is 0 Å². The molecule has 5 nitrogen and oxygen atoms in total. The smallest absolute Gasteiger partial charge is 0.276 e. The van der Waals surface area contributed by atoms with Gasteiger partial charge in [0.15, 0.2) is 0 Å². The first-order chi connectivity index (χ1) is 10.6. The molecule has 0 spiro atoms. The van der Waals surface area contributed by atoms with Crippen molar-refractivity contribution in [2.24, 2.45) is 5.10 Å². The number of aryl methyl sites for hydroxylation is 1. The Morgan fingerprint density at radius 3 is 2.50 bits per heavy atom. The maximum Gasteiger partial charge on any atom is 0.276 e. The van der Waals surface area contributed by atoms with Crippen LogP contribution >= 0.6 is 0 Å². The number of sulfonamides is 1. The van der Waals surface area contributed by atoms with E-state index < -0.39 is 10.0 Å². The molecule has 0 aliphatic heterocycles. The van der Waals surface area contributed by atoms with E-state index in [2.05, 4.69) is 9.93 Å². The first kappa shape index (κ1) is 14.3. The minimum Gasteiger partial charge on any atom is -0.464 e. The summed E-state index contributed by atoms with van der Waals surface area (Å²) in [6.07, 6.45) is 1.47. The summed E-state index contributed by atoms with van der Waals surface area (Å²) >= 11 is 0. The first-order valence-electron chi connectivity index (χ1n) is 6.65. The normalized spacial score (nSPS) is 12.5. The van der Waals surface area contributed by atoms with Gasteiger partial charge < -0.3 is 4.42 Å². The summed E-state index contributed by atoms with van der Waals surface area (Å²) in [4.78, 5) is 2.43. The van der Waals surface area contributed by atoms with Gasteiger partial charge in [0.1, 0.15) is 5.58 Å². The molecule has 0 bridgehead atoms.